The van der Waals surface area contributed by atoms with Gasteiger partial charge >= 0.3 is 31.8 Å². The average Bonchev–Trinajstić information content (AvgIpc) is 3.24. The van der Waals surface area contributed by atoms with Crippen molar-refractivity contribution in [3.05, 3.63) is 24.8 Å². The summed E-state index contributed by atoms with van der Waals surface area (Å²) >= 11 is 0. The van der Waals surface area contributed by atoms with E-state index < -0.39 is 57.1 Å². The molecule has 0 radical (unpaired) electrons. The zero-order chi connectivity index (χ0) is 31.2. The van der Waals surface area contributed by atoms with Crippen molar-refractivity contribution in [2.75, 3.05) is 18.5 Å². The monoisotopic (exact) mass is 605 g/mol. The third-order valence-electron chi connectivity index (χ3n) is 4.07. The Morgan fingerprint density at radius 3 is 2.17 bits per heavy atom. The van der Waals surface area contributed by atoms with Crippen molar-refractivity contribution in [3.8, 4) is 0 Å². The second-order valence-electron chi connectivity index (χ2n) is 8.43. The predicted molar refractivity (Wildman–Crippen MR) is 139 cm³/mol. The van der Waals surface area contributed by atoms with Gasteiger partial charge < -0.3 is 38.6 Å². The number of fused-ring (bicyclic) bond motifs is 1. The van der Waals surface area contributed by atoms with Crippen molar-refractivity contribution in [2.45, 2.75) is 59.5 Å². The lowest BCUT2D eigenvalue weighted by atomic mass is 10.4. The Bertz CT molecular complexity index is 1250. The first-order valence-electron chi connectivity index (χ1n) is 11.8. The summed E-state index contributed by atoms with van der Waals surface area (Å²) in [5.74, 6) is -2.33. The number of carboxylic acids is 2. The summed E-state index contributed by atoms with van der Waals surface area (Å²) in [4.78, 5) is 64.4. The first-order chi connectivity index (χ1) is 19.1. The largest absolute Gasteiger partial charge is 0.510 e. The molecular formula is C22H32N5O13P. The molecule has 228 valence electrons. The van der Waals surface area contributed by atoms with Gasteiger partial charge in [0.2, 0.25) is 6.79 Å². The predicted octanol–water partition coefficient (Wildman–Crippen LogP) is 2.58. The van der Waals surface area contributed by atoms with E-state index in [9.17, 15) is 28.6 Å². The average molecular weight is 605 g/mol. The summed E-state index contributed by atoms with van der Waals surface area (Å²) in [7, 11) is -4.18. The lowest BCUT2D eigenvalue weighted by Gasteiger charge is -2.17. The number of nitrogens with one attached hydrogen (secondary N) is 1. The van der Waals surface area contributed by atoms with E-state index in [0.717, 1.165) is 0 Å². The minimum Gasteiger partial charge on any atom is -0.478 e. The van der Waals surface area contributed by atoms with Gasteiger partial charge in [0.05, 0.1) is 31.2 Å². The first-order valence-corrected chi connectivity index (χ1v) is 13.5. The van der Waals surface area contributed by atoms with Gasteiger partial charge in [-0.05, 0) is 34.6 Å². The van der Waals surface area contributed by atoms with Crippen LogP contribution < -0.4 is 5.32 Å². The fraction of sp³-hybridized carbons (Fsp3) is 0.500. The number of carbonyl (C=O) groups excluding carboxylic acids is 2. The van der Waals surface area contributed by atoms with Crippen molar-refractivity contribution in [1.29, 1.82) is 0 Å². The summed E-state index contributed by atoms with van der Waals surface area (Å²) in [6.45, 7) is 7.83. The highest BCUT2D eigenvalue weighted by Gasteiger charge is 2.23. The fourth-order valence-corrected chi connectivity index (χ4v) is 3.30. The second kappa shape index (κ2) is 16.9. The van der Waals surface area contributed by atoms with Gasteiger partial charge in [0.15, 0.2) is 17.0 Å². The van der Waals surface area contributed by atoms with Crippen molar-refractivity contribution in [2.24, 2.45) is 0 Å². The van der Waals surface area contributed by atoms with E-state index >= 15 is 0 Å². The third kappa shape index (κ3) is 14.7. The van der Waals surface area contributed by atoms with E-state index in [4.69, 9.17) is 24.4 Å². The molecule has 0 saturated heterocycles. The maximum Gasteiger partial charge on any atom is 0.510 e. The van der Waals surface area contributed by atoms with Gasteiger partial charge in [-0.2, -0.15) is 0 Å². The number of hydrogen-bond donors (Lipinski definition) is 4. The number of amides is 1. The molecule has 4 N–H and O–H groups in total. The number of hydrogen-bond acceptors (Lipinski definition) is 13. The number of imidazole rings is 1. The zero-order valence-electron chi connectivity index (χ0n) is 22.8. The second-order valence-corrected chi connectivity index (χ2v) is 10.2. The lowest BCUT2D eigenvalue weighted by Crippen LogP contribution is -2.19. The molecule has 0 bridgehead atoms. The summed E-state index contributed by atoms with van der Waals surface area (Å²) in [5.41, 5.74) is 0.757. The van der Waals surface area contributed by atoms with Crippen molar-refractivity contribution in [1.82, 2.24) is 19.5 Å². The molecule has 2 heterocycles. The van der Waals surface area contributed by atoms with Crippen LogP contribution in [0.3, 0.4) is 0 Å². The topological polar surface area (TPSA) is 248 Å². The Morgan fingerprint density at radius 2 is 1.61 bits per heavy atom. The molecule has 0 saturated carbocycles. The van der Waals surface area contributed by atoms with Crippen LogP contribution in [0.25, 0.3) is 11.2 Å². The van der Waals surface area contributed by atoms with Gasteiger partial charge in [0, 0.05) is 12.2 Å². The van der Waals surface area contributed by atoms with E-state index in [1.165, 1.54) is 12.7 Å². The van der Waals surface area contributed by atoms with Crippen LogP contribution in [-0.4, -0.2) is 90.3 Å². The van der Waals surface area contributed by atoms with E-state index in [1.54, 1.807) is 39.2 Å². The van der Waals surface area contributed by atoms with Crippen LogP contribution >= 0.6 is 7.60 Å². The summed E-state index contributed by atoms with van der Waals surface area (Å²) in [5, 5.41) is 18.1. The third-order valence-corrected chi connectivity index (χ3v) is 5.06. The first kappa shape index (κ1) is 34.9. The van der Waals surface area contributed by atoms with Crippen LogP contribution in [0.2, 0.25) is 0 Å². The Kier molecular flexibility index (Phi) is 14.4. The Balaban J connectivity index is 0.000000915. The molecule has 18 nitrogen and oxygen atoms in total. The van der Waals surface area contributed by atoms with Crippen molar-refractivity contribution in [3.63, 3.8) is 0 Å². The Labute approximate surface area is 233 Å². The van der Waals surface area contributed by atoms with Gasteiger partial charge in [-0.1, -0.05) is 0 Å². The molecule has 2 aromatic heterocycles. The van der Waals surface area contributed by atoms with E-state index in [-0.39, 0.29) is 18.5 Å². The fourth-order valence-electron chi connectivity index (χ4n) is 2.56. The van der Waals surface area contributed by atoms with Crippen molar-refractivity contribution < 1.29 is 62.3 Å². The standard InChI is InChI=1S/C18H28N5O9P.C4H4O4/c1-11(2)31-17(24)22-15-14-16(20-7-19-15)23(8-21-14)6-13(5)29-10-33(26,27)30-9-28-18(25)32-12(3)4;5-3(6)1-2-4(7)8/h7-8,11-13H,6,9-10H2,1-5H3,(H,26,27)(H,19,20,22,24);1-2H,(H,5,6)(H,7,8)/b;2-1+/t13-;/m1./s1. The molecule has 19 heteroatoms. The van der Waals surface area contributed by atoms with Crippen LogP contribution in [0, 0.1) is 0 Å². The van der Waals surface area contributed by atoms with Gasteiger partial charge in [0.25, 0.3) is 0 Å². The zero-order valence-corrected chi connectivity index (χ0v) is 23.7. The smallest absolute Gasteiger partial charge is 0.478 e. The van der Waals surface area contributed by atoms with Crippen LogP contribution in [0.5, 0.6) is 0 Å². The minimum atomic E-state index is -4.18. The molecule has 0 aliphatic rings. The highest BCUT2D eigenvalue weighted by Crippen LogP contribution is 2.42. The molecule has 2 aromatic rings. The normalized spacial score (nSPS) is 13.3. The SMILES string of the molecule is CC(C)OC(=O)Nc1ncnc2c1ncn2C[C@@H](C)OCP(=O)(O)OCOC(=O)OC(C)C.O=C(O)/C=C/C(=O)O. The van der Waals surface area contributed by atoms with Gasteiger partial charge in [-0.3, -0.25) is 14.4 Å². The van der Waals surface area contributed by atoms with Crippen LogP contribution in [0.15, 0.2) is 24.8 Å². The number of rotatable bonds is 13. The number of aromatic nitrogens is 4. The van der Waals surface area contributed by atoms with E-state index in [2.05, 4.69) is 29.5 Å². The van der Waals surface area contributed by atoms with Crippen LogP contribution in [-0.2, 0) is 44.2 Å². The highest BCUT2D eigenvalue weighted by atomic mass is 31.2. The Morgan fingerprint density at radius 1 is 1.00 bits per heavy atom. The molecule has 1 unspecified atom stereocenters. The maximum atomic E-state index is 12.0. The Hall–Kier alpha value is -4.12. The summed E-state index contributed by atoms with van der Waals surface area (Å²) in [6, 6.07) is 0. The number of nitrogens with zero attached hydrogens (tertiary/aromatic N) is 4. The molecule has 41 heavy (non-hydrogen) atoms. The molecule has 0 spiro atoms. The minimum absolute atomic E-state index is 0.183. The van der Waals surface area contributed by atoms with Crippen LogP contribution in [0.1, 0.15) is 34.6 Å². The summed E-state index contributed by atoms with van der Waals surface area (Å²) in [6.07, 6.45) is 0.291. The summed E-state index contributed by atoms with van der Waals surface area (Å²) < 4.78 is 38.1. The van der Waals surface area contributed by atoms with Crippen LogP contribution in [0.4, 0.5) is 15.4 Å². The molecule has 0 aromatic carbocycles. The van der Waals surface area contributed by atoms with E-state index in [0.29, 0.717) is 23.3 Å². The van der Waals surface area contributed by atoms with Gasteiger partial charge in [-0.15, -0.1) is 0 Å². The molecule has 2 atom stereocenters. The van der Waals surface area contributed by atoms with E-state index in [1.807, 2.05) is 0 Å². The van der Waals surface area contributed by atoms with Gasteiger partial charge in [0.1, 0.15) is 12.7 Å². The van der Waals surface area contributed by atoms with Crippen molar-refractivity contribution >= 4 is 48.8 Å². The highest BCUT2D eigenvalue weighted by molar-refractivity contribution is 7.52. The molecule has 0 aliphatic heterocycles. The molecule has 0 fully saturated rings. The molecule has 0 aliphatic carbocycles. The molecule has 1 amide bonds. The number of aliphatic carboxylic acids is 2. The maximum absolute atomic E-state index is 12.0. The number of carboxylic acid groups (broad SMARTS) is 2. The number of ether oxygens (including phenoxy) is 4. The molecular weight excluding hydrogens is 573 g/mol. The lowest BCUT2D eigenvalue weighted by molar-refractivity contribution is -0.134. The number of anilines is 1. The molecule has 2 rings (SSSR count). The quantitative estimate of drug-likeness (QED) is 0.111. The number of carbonyl (C=O) groups is 4. The van der Waals surface area contributed by atoms with Gasteiger partial charge in [-0.25, -0.2) is 34.1 Å².